The zero-order valence-electron chi connectivity index (χ0n) is 12.8. The molecular weight excluding hydrogens is 235 g/mol. The molecule has 0 bridgehead atoms. The molecule has 0 fully saturated rings. The predicted molar refractivity (Wildman–Crippen MR) is 82.0 cm³/mol. The summed E-state index contributed by atoms with van der Waals surface area (Å²) in [6.45, 7) is 6.78. The zero-order valence-corrected chi connectivity index (χ0v) is 12.8. The highest BCUT2D eigenvalue weighted by Gasteiger charge is 2.25. The van der Waals surface area contributed by atoms with Gasteiger partial charge in [-0.15, -0.1) is 0 Å². The minimum Gasteiger partial charge on any atom is -0.207 e. The van der Waals surface area contributed by atoms with Crippen molar-refractivity contribution in [2.24, 2.45) is 0 Å². The molecule has 0 heterocycles. The number of benzene rings is 1. The van der Waals surface area contributed by atoms with Gasteiger partial charge in [-0.25, -0.2) is 4.39 Å². The molecule has 0 aliphatic heterocycles. The van der Waals surface area contributed by atoms with E-state index in [4.69, 9.17) is 0 Å². The maximum atomic E-state index is 13.5. The van der Waals surface area contributed by atoms with Crippen LogP contribution in [0.2, 0.25) is 0 Å². The van der Waals surface area contributed by atoms with Crippen LogP contribution in [0.5, 0.6) is 0 Å². The van der Waals surface area contributed by atoms with Gasteiger partial charge in [0.2, 0.25) is 0 Å². The molecule has 0 saturated carbocycles. The van der Waals surface area contributed by atoms with Gasteiger partial charge in [-0.2, -0.15) is 0 Å². The first-order valence-corrected chi connectivity index (χ1v) is 7.88. The molecular formula is C18H29F. The lowest BCUT2D eigenvalue weighted by atomic mass is 9.74. The van der Waals surface area contributed by atoms with Crippen molar-refractivity contribution < 1.29 is 4.39 Å². The Hall–Kier alpha value is -0.850. The molecule has 1 aromatic carbocycles. The molecule has 0 unspecified atom stereocenters. The quantitative estimate of drug-likeness (QED) is 0.463. The summed E-state index contributed by atoms with van der Waals surface area (Å²) in [4.78, 5) is 0. The fraction of sp³-hybridized carbons (Fsp3) is 0.667. The Morgan fingerprint density at radius 2 is 1.53 bits per heavy atom. The van der Waals surface area contributed by atoms with E-state index in [1.165, 1.54) is 56.9 Å². The lowest BCUT2D eigenvalue weighted by molar-refractivity contribution is 0.366. The van der Waals surface area contributed by atoms with E-state index in [0.717, 1.165) is 0 Å². The number of unbranched alkanes of at least 4 members (excludes halogenated alkanes) is 4. The molecule has 1 aromatic rings. The molecule has 0 saturated heterocycles. The summed E-state index contributed by atoms with van der Waals surface area (Å²) >= 11 is 0. The summed E-state index contributed by atoms with van der Waals surface area (Å²) in [5.74, 6) is -0.102. The van der Waals surface area contributed by atoms with Gasteiger partial charge in [0.1, 0.15) is 5.82 Å². The Balaban J connectivity index is 2.77. The standard InChI is InChI=1S/C18H29F/c1-4-6-8-13-18(3,14-9-7-5-2)16-11-10-12-17(19)15-16/h10-12,15H,4-9,13-14H2,1-3H3. The molecule has 0 spiro atoms. The summed E-state index contributed by atoms with van der Waals surface area (Å²) in [7, 11) is 0. The molecule has 0 aliphatic rings. The van der Waals surface area contributed by atoms with Crippen molar-refractivity contribution in [2.45, 2.75) is 77.6 Å². The first-order chi connectivity index (χ1) is 9.12. The topological polar surface area (TPSA) is 0 Å². The van der Waals surface area contributed by atoms with Gasteiger partial charge in [0.05, 0.1) is 0 Å². The SMILES string of the molecule is CCCCCC(C)(CCCCC)c1cccc(F)c1. The molecule has 19 heavy (non-hydrogen) atoms. The molecule has 0 nitrogen and oxygen atoms in total. The number of halogens is 1. The lowest BCUT2D eigenvalue weighted by Gasteiger charge is -2.30. The second kappa shape index (κ2) is 8.35. The van der Waals surface area contributed by atoms with Gasteiger partial charge >= 0.3 is 0 Å². The van der Waals surface area contributed by atoms with E-state index >= 15 is 0 Å². The first-order valence-electron chi connectivity index (χ1n) is 7.88. The van der Waals surface area contributed by atoms with Crippen LogP contribution in [-0.2, 0) is 5.41 Å². The Labute approximate surface area is 118 Å². The summed E-state index contributed by atoms with van der Waals surface area (Å²) in [6, 6.07) is 7.23. The monoisotopic (exact) mass is 264 g/mol. The van der Waals surface area contributed by atoms with Gasteiger partial charge < -0.3 is 0 Å². The summed E-state index contributed by atoms with van der Waals surface area (Å²) in [5.41, 5.74) is 1.33. The van der Waals surface area contributed by atoms with Gasteiger partial charge in [0, 0.05) is 0 Å². The van der Waals surface area contributed by atoms with Crippen molar-refractivity contribution in [3.8, 4) is 0 Å². The van der Waals surface area contributed by atoms with Gasteiger partial charge in [-0.05, 0) is 36.0 Å². The molecule has 0 atom stereocenters. The average molecular weight is 264 g/mol. The van der Waals surface area contributed by atoms with Crippen LogP contribution in [0.1, 0.15) is 77.7 Å². The van der Waals surface area contributed by atoms with Crippen molar-refractivity contribution in [3.05, 3.63) is 35.6 Å². The van der Waals surface area contributed by atoms with Crippen molar-refractivity contribution in [3.63, 3.8) is 0 Å². The summed E-state index contributed by atoms with van der Waals surface area (Å²) < 4.78 is 13.5. The van der Waals surface area contributed by atoms with Crippen LogP contribution in [0.3, 0.4) is 0 Å². The highest BCUT2D eigenvalue weighted by molar-refractivity contribution is 5.25. The molecule has 108 valence electrons. The minimum absolute atomic E-state index is 0.102. The van der Waals surface area contributed by atoms with Crippen LogP contribution in [0.25, 0.3) is 0 Å². The number of rotatable bonds is 9. The molecule has 0 aromatic heterocycles. The van der Waals surface area contributed by atoms with E-state index in [0.29, 0.717) is 0 Å². The van der Waals surface area contributed by atoms with Crippen LogP contribution in [0, 0.1) is 5.82 Å². The second-order valence-corrected chi connectivity index (χ2v) is 5.99. The Morgan fingerprint density at radius 1 is 0.947 bits per heavy atom. The van der Waals surface area contributed by atoms with E-state index in [2.05, 4.69) is 26.8 Å². The van der Waals surface area contributed by atoms with Gasteiger partial charge in [-0.1, -0.05) is 71.4 Å². The summed E-state index contributed by atoms with van der Waals surface area (Å²) in [5, 5.41) is 0. The van der Waals surface area contributed by atoms with E-state index in [-0.39, 0.29) is 11.2 Å². The Bertz CT molecular complexity index is 346. The maximum absolute atomic E-state index is 13.5. The zero-order chi connectivity index (χ0) is 14.1. The maximum Gasteiger partial charge on any atom is 0.123 e. The highest BCUT2D eigenvalue weighted by Crippen LogP contribution is 2.35. The Morgan fingerprint density at radius 3 is 2.00 bits per heavy atom. The molecule has 1 heteroatoms. The molecule has 0 N–H and O–H groups in total. The Kier molecular flexibility index (Phi) is 7.12. The van der Waals surface area contributed by atoms with E-state index in [1.54, 1.807) is 12.1 Å². The minimum atomic E-state index is -0.102. The normalized spacial score (nSPS) is 11.8. The van der Waals surface area contributed by atoms with Crippen molar-refractivity contribution in [1.82, 2.24) is 0 Å². The third kappa shape index (κ3) is 5.34. The largest absolute Gasteiger partial charge is 0.207 e. The molecule has 0 aliphatic carbocycles. The van der Waals surface area contributed by atoms with Crippen molar-refractivity contribution in [2.75, 3.05) is 0 Å². The molecule has 1 rings (SSSR count). The smallest absolute Gasteiger partial charge is 0.123 e. The fourth-order valence-electron chi connectivity index (χ4n) is 2.81. The second-order valence-electron chi connectivity index (χ2n) is 5.99. The highest BCUT2D eigenvalue weighted by atomic mass is 19.1. The van der Waals surface area contributed by atoms with Crippen molar-refractivity contribution in [1.29, 1.82) is 0 Å². The molecule has 0 amide bonds. The van der Waals surface area contributed by atoms with E-state index in [1.807, 2.05) is 6.07 Å². The van der Waals surface area contributed by atoms with E-state index in [9.17, 15) is 4.39 Å². The van der Waals surface area contributed by atoms with Gasteiger partial charge in [-0.3, -0.25) is 0 Å². The van der Waals surface area contributed by atoms with E-state index < -0.39 is 0 Å². The molecule has 0 radical (unpaired) electrons. The lowest BCUT2D eigenvalue weighted by Crippen LogP contribution is -2.22. The first kappa shape index (κ1) is 16.2. The van der Waals surface area contributed by atoms with Crippen LogP contribution < -0.4 is 0 Å². The van der Waals surface area contributed by atoms with Crippen molar-refractivity contribution >= 4 is 0 Å². The third-order valence-electron chi connectivity index (χ3n) is 4.19. The van der Waals surface area contributed by atoms with Crippen LogP contribution in [-0.4, -0.2) is 0 Å². The number of hydrogen-bond donors (Lipinski definition) is 0. The van der Waals surface area contributed by atoms with Gasteiger partial charge in [0.15, 0.2) is 0 Å². The predicted octanol–water partition coefficient (Wildman–Crippen LogP) is 6.24. The third-order valence-corrected chi connectivity index (χ3v) is 4.19. The van der Waals surface area contributed by atoms with Crippen LogP contribution >= 0.6 is 0 Å². The number of hydrogen-bond acceptors (Lipinski definition) is 0. The van der Waals surface area contributed by atoms with Gasteiger partial charge in [0.25, 0.3) is 0 Å². The average Bonchev–Trinajstić information content (AvgIpc) is 2.39. The fourth-order valence-corrected chi connectivity index (χ4v) is 2.81. The summed E-state index contributed by atoms with van der Waals surface area (Å²) in [6.07, 6.45) is 9.88. The van der Waals surface area contributed by atoms with Crippen LogP contribution in [0.15, 0.2) is 24.3 Å². The van der Waals surface area contributed by atoms with Crippen LogP contribution in [0.4, 0.5) is 4.39 Å².